The van der Waals surface area contributed by atoms with E-state index in [4.69, 9.17) is 24.1 Å². The van der Waals surface area contributed by atoms with Crippen molar-refractivity contribution >= 4 is 5.97 Å². The van der Waals surface area contributed by atoms with E-state index < -0.39 is 5.97 Å². The first kappa shape index (κ1) is 21.9. The van der Waals surface area contributed by atoms with Gasteiger partial charge in [-0.05, 0) is 48.4 Å². The van der Waals surface area contributed by atoms with Crippen LogP contribution >= 0.6 is 0 Å². The number of carbonyl (C=O) groups is 1. The maximum atomic E-state index is 10.8. The van der Waals surface area contributed by atoms with E-state index in [1.807, 2.05) is 43.3 Å². The van der Waals surface area contributed by atoms with Crippen LogP contribution in [0.4, 0.5) is 0 Å². The zero-order chi connectivity index (χ0) is 21.5. The highest BCUT2D eigenvalue weighted by Gasteiger charge is 2.23. The van der Waals surface area contributed by atoms with Crippen molar-refractivity contribution in [2.45, 2.75) is 26.1 Å². The van der Waals surface area contributed by atoms with Gasteiger partial charge in [0.15, 0.2) is 0 Å². The molecule has 7 heteroatoms. The predicted molar refractivity (Wildman–Crippen MR) is 112 cm³/mol. The van der Waals surface area contributed by atoms with Gasteiger partial charge in [-0.1, -0.05) is 6.07 Å². The maximum Gasteiger partial charge on any atom is 0.304 e. The lowest BCUT2D eigenvalue weighted by Gasteiger charge is -2.33. The van der Waals surface area contributed by atoms with E-state index in [9.17, 15) is 4.79 Å². The quantitative estimate of drug-likeness (QED) is 0.672. The minimum Gasteiger partial charge on any atom is -0.497 e. The Morgan fingerprint density at radius 3 is 2.67 bits per heavy atom. The van der Waals surface area contributed by atoms with Gasteiger partial charge in [0.2, 0.25) is 0 Å². The molecule has 0 spiro atoms. The van der Waals surface area contributed by atoms with Gasteiger partial charge in [0.1, 0.15) is 23.9 Å². The van der Waals surface area contributed by atoms with E-state index in [1.165, 1.54) is 0 Å². The number of carboxylic acids is 1. The second-order valence-electron chi connectivity index (χ2n) is 7.29. The summed E-state index contributed by atoms with van der Waals surface area (Å²) in [4.78, 5) is 13.0. The van der Waals surface area contributed by atoms with Gasteiger partial charge < -0.3 is 24.1 Å². The number of morpholine rings is 1. The van der Waals surface area contributed by atoms with Gasteiger partial charge in [-0.2, -0.15) is 0 Å². The topological polar surface area (TPSA) is 77.5 Å². The Bertz CT molecular complexity index is 869. The molecule has 2 aromatic carbocycles. The molecule has 0 amide bonds. The largest absolute Gasteiger partial charge is 0.497 e. The standard InChI is InChI=1S/C23H29NO6/c1-16-12-19(30-15-17-13-18(27-2)5-7-21(17)28-3)4-6-20(16)22-14-24(10-11-29-22)9-8-23(25)26/h4-7,12-13,22H,8-11,14-15H2,1-3H3,(H,25,26). The molecule has 1 N–H and O–H groups in total. The molecule has 2 aromatic rings. The maximum absolute atomic E-state index is 10.8. The molecule has 0 saturated carbocycles. The van der Waals surface area contributed by atoms with Crippen LogP contribution < -0.4 is 14.2 Å². The third-order valence-corrected chi connectivity index (χ3v) is 5.26. The first-order valence-electron chi connectivity index (χ1n) is 10.00. The molecule has 7 nitrogen and oxygen atoms in total. The number of benzene rings is 2. The summed E-state index contributed by atoms with van der Waals surface area (Å²) in [5, 5.41) is 8.91. The molecule has 30 heavy (non-hydrogen) atoms. The van der Waals surface area contributed by atoms with Crippen molar-refractivity contribution in [2.24, 2.45) is 0 Å². The highest BCUT2D eigenvalue weighted by Crippen LogP contribution is 2.29. The second-order valence-corrected chi connectivity index (χ2v) is 7.29. The van der Waals surface area contributed by atoms with Crippen molar-refractivity contribution in [3.05, 3.63) is 53.1 Å². The van der Waals surface area contributed by atoms with Crippen LogP contribution in [0.3, 0.4) is 0 Å². The molecule has 0 bridgehead atoms. The molecule has 1 unspecified atom stereocenters. The molecule has 1 fully saturated rings. The van der Waals surface area contributed by atoms with Crippen molar-refractivity contribution in [3.8, 4) is 17.2 Å². The van der Waals surface area contributed by atoms with Crippen molar-refractivity contribution in [1.29, 1.82) is 0 Å². The van der Waals surface area contributed by atoms with Crippen LogP contribution in [-0.2, 0) is 16.1 Å². The van der Waals surface area contributed by atoms with Crippen molar-refractivity contribution in [3.63, 3.8) is 0 Å². The molecule has 1 atom stereocenters. The smallest absolute Gasteiger partial charge is 0.304 e. The number of aryl methyl sites for hydroxylation is 1. The molecule has 0 aromatic heterocycles. The van der Waals surface area contributed by atoms with E-state index in [0.29, 0.717) is 26.3 Å². The summed E-state index contributed by atoms with van der Waals surface area (Å²) in [5.74, 6) is 1.49. The van der Waals surface area contributed by atoms with E-state index in [2.05, 4.69) is 4.90 Å². The molecular formula is C23H29NO6. The van der Waals surface area contributed by atoms with Crippen LogP contribution in [0.25, 0.3) is 0 Å². The lowest BCUT2D eigenvalue weighted by molar-refractivity contribution is -0.137. The molecule has 0 radical (unpaired) electrons. The van der Waals surface area contributed by atoms with Gasteiger partial charge in [-0.15, -0.1) is 0 Å². The Kier molecular flexibility index (Phi) is 7.54. The summed E-state index contributed by atoms with van der Waals surface area (Å²) in [7, 11) is 3.26. The van der Waals surface area contributed by atoms with Crippen LogP contribution in [0.2, 0.25) is 0 Å². The van der Waals surface area contributed by atoms with Crippen molar-refractivity contribution < 1.29 is 28.8 Å². The molecule has 0 aliphatic carbocycles. The molecule has 1 aliphatic rings. The number of ether oxygens (including phenoxy) is 4. The zero-order valence-electron chi connectivity index (χ0n) is 17.7. The number of nitrogens with zero attached hydrogens (tertiary/aromatic N) is 1. The molecule has 1 aliphatic heterocycles. The monoisotopic (exact) mass is 415 g/mol. The number of rotatable bonds is 9. The Morgan fingerprint density at radius 1 is 1.17 bits per heavy atom. The van der Waals surface area contributed by atoms with Gasteiger partial charge in [0.05, 0.1) is 33.4 Å². The van der Waals surface area contributed by atoms with Crippen LogP contribution in [0.5, 0.6) is 17.2 Å². The van der Waals surface area contributed by atoms with Gasteiger partial charge in [-0.25, -0.2) is 0 Å². The van der Waals surface area contributed by atoms with Crippen LogP contribution in [0.15, 0.2) is 36.4 Å². The van der Waals surface area contributed by atoms with Crippen LogP contribution in [-0.4, -0.2) is 56.4 Å². The molecular weight excluding hydrogens is 386 g/mol. The average Bonchev–Trinajstić information content (AvgIpc) is 2.76. The van der Waals surface area contributed by atoms with E-state index >= 15 is 0 Å². The molecule has 3 rings (SSSR count). The van der Waals surface area contributed by atoms with E-state index in [-0.39, 0.29) is 12.5 Å². The Balaban J connectivity index is 1.65. The summed E-state index contributed by atoms with van der Waals surface area (Å²) in [6.07, 6.45) is 0.0757. The fourth-order valence-corrected chi connectivity index (χ4v) is 3.60. The van der Waals surface area contributed by atoms with Gasteiger partial charge in [0.25, 0.3) is 0 Å². The summed E-state index contributed by atoms with van der Waals surface area (Å²) < 4.78 is 22.6. The number of methoxy groups -OCH3 is 2. The summed E-state index contributed by atoms with van der Waals surface area (Å²) in [5.41, 5.74) is 3.08. The number of hydrogen-bond donors (Lipinski definition) is 1. The number of aliphatic carboxylic acids is 1. The predicted octanol–water partition coefficient (Wildman–Crippen LogP) is 3.44. The lowest BCUT2D eigenvalue weighted by Crippen LogP contribution is -2.39. The first-order chi connectivity index (χ1) is 14.5. The minimum atomic E-state index is -0.775. The lowest BCUT2D eigenvalue weighted by atomic mass is 10.0. The van der Waals surface area contributed by atoms with Gasteiger partial charge >= 0.3 is 5.97 Å². The van der Waals surface area contributed by atoms with Crippen LogP contribution in [0, 0.1) is 6.92 Å². The fourth-order valence-electron chi connectivity index (χ4n) is 3.60. The minimum absolute atomic E-state index is 0.0694. The summed E-state index contributed by atoms with van der Waals surface area (Å²) >= 11 is 0. The van der Waals surface area contributed by atoms with Gasteiger partial charge in [0, 0.05) is 25.2 Å². The molecule has 162 valence electrons. The zero-order valence-corrected chi connectivity index (χ0v) is 17.7. The van der Waals surface area contributed by atoms with E-state index in [1.54, 1.807) is 14.2 Å². The van der Waals surface area contributed by atoms with Crippen LogP contribution in [0.1, 0.15) is 29.2 Å². The third-order valence-electron chi connectivity index (χ3n) is 5.26. The summed E-state index contributed by atoms with van der Waals surface area (Å²) in [6, 6.07) is 11.6. The van der Waals surface area contributed by atoms with Crippen molar-refractivity contribution in [2.75, 3.05) is 40.5 Å². The van der Waals surface area contributed by atoms with Gasteiger partial charge in [-0.3, -0.25) is 9.69 Å². The Labute approximate surface area is 177 Å². The average molecular weight is 415 g/mol. The number of carboxylic acid groups (broad SMARTS) is 1. The fraction of sp³-hybridized carbons (Fsp3) is 0.435. The Morgan fingerprint density at radius 2 is 1.97 bits per heavy atom. The Hall–Kier alpha value is -2.77. The number of hydrogen-bond acceptors (Lipinski definition) is 6. The highest BCUT2D eigenvalue weighted by molar-refractivity contribution is 5.66. The SMILES string of the molecule is COc1ccc(OC)c(COc2ccc(C3CN(CCC(=O)O)CCO3)c(C)c2)c1. The van der Waals surface area contributed by atoms with Crippen molar-refractivity contribution in [1.82, 2.24) is 4.90 Å². The second kappa shape index (κ2) is 10.3. The highest BCUT2D eigenvalue weighted by atomic mass is 16.5. The third kappa shape index (κ3) is 5.64. The molecule has 1 heterocycles. The first-order valence-corrected chi connectivity index (χ1v) is 10.00. The summed E-state index contributed by atoms with van der Waals surface area (Å²) in [6.45, 7) is 4.98. The normalized spacial score (nSPS) is 16.8. The molecule has 1 saturated heterocycles. The van der Waals surface area contributed by atoms with E-state index in [0.717, 1.165) is 40.5 Å².